The largest absolute Gasteiger partial charge is 0.393 e. The quantitative estimate of drug-likeness (QED) is 0.842. The van der Waals surface area contributed by atoms with E-state index in [0.29, 0.717) is 12.5 Å². The Balaban J connectivity index is 1.57. The summed E-state index contributed by atoms with van der Waals surface area (Å²) in [7, 11) is 0. The SMILES string of the molecule is O=C(NCC1CCC(O)C1)c1cc2c(s1)CCCCC2. The van der Waals surface area contributed by atoms with Crippen LogP contribution in [0.5, 0.6) is 0 Å². The number of hydrogen-bond acceptors (Lipinski definition) is 3. The van der Waals surface area contributed by atoms with Gasteiger partial charge in [-0.15, -0.1) is 11.3 Å². The molecular formula is C16H23NO2S. The molecule has 1 fully saturated rings. The predicted octanol–water partition coefficient (Wildman–Crippen LogP) is 2.91. The van der Waals surface area contributed by atoms with E-state index in [1.165, 1.54) is 29.7 Å². The van der Waals surface area contributed by atoms with Gasteiger partial charge in [0.1, 0.15) is 0 Å². The van der Waals surface area contributed by atoms with Crippen molar-refractivity contribution < 1.29 is 9.90 Å². The van der Waals surface area contributed by atoms with Gasteiger partial charge in [-0.1, -0.05) is 6.42 Å². The van der Waals surface area contributed by atoms with Crippen molar-refractivity contribution in [2.24, 2.45) is 5.92 Å². The Morgan fingerprint density at radius 2 is 2.15 bits per heavy atom. The van der Waals surface area contributed by atoms with E-state index in [1.54, 1.807) is 11.3 Å². The van der Waals surface area contributed by atoms with Crippen LogP contribution in [0.4, 0.5) is 0 Å². The fraction of sp³-hybridized carbons (Fsp3) is 0.688. The molecule has 0 aromatic carbocycles. The molecule has 1 saturated carbocycles. The Labute approximate surface area is 124 Å². The fourth-order valence-corrected chi connectivity index (χ4v) is 4.51. The number of amides is 1. The first-order valence-electron chi connectivity index (χ1n) is 7.80. The zero-order valence-corrected chi connectivity index (χ0v) is 12.7. The maximum atomic E-state index is 12.2. The molecule has 2 unspecified atom stereocenters. The van der Waals surface area contributed by atoms with Crippen LogP contribution in [0.25, 0.3) is 0 Å². The van der Waals surface area contributed by atoms with Crippen molar-refractivity contribution in [1.29, 1.82) is 0 Å². The number of carbonyl (C=O) groups excluding carboxylic acids is 1. The van der Waals surface area contributed by atoms with E-state index in [4.69, 9.17) is 0 Å². The highest BCUT2D eigenvalue weighted by atomic mass is 32.1. The van der Waals surface area contributed by atoms with Gasteiger partial charge in [-0.05, 0) is 62.5 Å². The molecule has 4 heteroatoms. The molecule has 0 aliphatic heterocycles. The Kier molecular flexibility index (Phi) is 4.41. The Bertz CT molecular complexity index is 459. The molecule has 0 radical (unpaired) electrons. The van der Waals surface area contributed by atoms with Crippen molar-refractivity contribution in [1.82, 2.24) is 5.32 Å². The molecule has 1 aromatic heterocycles. The van der Waals surface area contributed by atoms with Gasteiger partial charge in [-0.2, -0.15) is 0 Å². The molecule has 0 spiro atoms. The maximum Gasteiger partial charge on any atom is 0.261 e. The number of rotatable bonds is 3. The third-order valence-corrected chi connectivity index (χ3v) is 5.77. The van der Waals surface area contributed by atoms with Crippen LogP contribution < -0.4 is 5.32 Å². The minimum absolute atomic E-state index is 0.0736. The lowest BCUT2D eigenvalue weighted by molar-refractivity contribution is 0.0949. The van der Waals surface area contributed by atoms with E-state index in [9.17, 15) is 9.90 Å². The average Bonchev–Trinajstić information content (AvgIpc) is 2.97. The molecule has 3 rings (SSSR count). The van der Waals surface area contributed by atoms with E-state index in [-0.39, 0.29) is 12.0 Å². The van der Waals surface area contributed by atoms with Crippen LogP contribution >= 0.6 is 11.3 Å². The van der Waals surface area contributed by atoms with Gasteiger partial charge in [0.2, 0.25) is 0 Å². The number of aliphatic hydroxyl groups is 1. The fourth-order valence-electron chi connectivity index (χ4n) is 3.34. The number of nitrogens with one attached hydrogen (secondary N) is 1. The molecular weight excluding hydrogens is 270 g/mol. The summed E-state index contributed by atoms with van der Waals surface area (Å²) in [5.74, 6) is 0.524. The summed E-state index contributed by atoms with van der Waals surface area (Å²) in [6.07, 6.45) is 8.69. The standard InChI is InChI=1S/C16H23NO2S/c18-13-7-6-11(8-13)10-17-16(19)15-9-12-4-2-1-3-5-14(12)20-15/h9,11,13,18H,1-8,10H2,(H,17,19). The van der Waals surface area contributed by atoms with Crippen molar-refractivity contribution in [3.05, 3.63) is 21.4 Å². The summed E-state index contributed by atoms with van der Waals surface area (Å²) in [4.78, 5) is 14.5. The van der Waals surface area contributed by atoms with Gasteiger partial charge in [0.25, 0.3) is 5.91 Å². The van der Waals surface area contributed by atoms with Crippen LogP contribution in [0.2, 0.25) is 0 Å². The first-order valence-corrected chi connectivity index (χ1v) is 8.62. The van der Waals surface area contributed by atoms with Gasteiger partial charge in [0, 0.05) is 11.4 Å². The monoisotopic (exact) mass is 293 g/mol. The average molecular weight is 293 g/mol. The highest BCUT2D eigenvalue weighted by Gasteiger charge is 2.23. The van der Waals surface area contributed by atoms with E-state index in [2.05, 4.69) is 11.4 Å². The van der Waals surface area contributed by atoms with Gasteiger partial charge in [0.15, 0.2) is 0 Å². The third kappa shape index (κ3) is 3.23. The Morgan fingerprint density at radius 1 is 1.30 bits per heavy atom. The highest BCUT2D eigenvalue weighted by Crippen LogP contribution is 2.29. The topological polar surface area (TPSA) is 49.3 Å². The van der Waals surface area contributed by atoms with Gasteiger partial charge in [-0.25, -0.2) is 0 Å². The minimum atomic E-state index is -0.158. The van der Waals surface area contributed by atoms with E-state index >= 15 is 0 Å². The number of carbonyl (C=O) groups is 1. The third-order valence-electron chi connectivity index (χ3n) is 4.54. The second kappa shape index (κ2) is 6.27. The van der Waals surface area contributed by atoms with E-state index in [1.807, 2.05) is 0 Å². The molecule has 1 amide bonds. The Morgan fingerprint density at radius 3 is 2.95 bits per heavy atom. The van der Waals surface area contributed by atoms with Crippen molar-refractivity contribution >= 4 is 17.2 Å². The normalized spacial score (nSPS) is 26.1. The van der Waals surface area contributed by atoms with Crippen molar-refractivity contribution in [3.8, 4) is 0 Å². The number of thiophene rings is 1. The van der Waals surface area contributed by atoms with E-state index in [0.717, 1.165) is 37.0 Å². The summed E-state index contributed by atoms with van der Waals surface area (Å²) in [6, 6.07) is 2.10. The first kappa shape index (κ1) is 14.1. The van der Waals surface area contributed by atoms with Crippen LogP contribution in [0.15, 0.2) is 6.07 Å². The highest BCUT2D eigenvalue weighted by molar-refractivity contribution is 7.14. The molecule has 2 atom stereocenters. The molecule has 2 aliphatic carbocycles. The van der Waals surface area contributed by atoms with Gasteiger partial charge in [-0.3, -0.25) is 4.79 Å². The zero-order valence-electron chi connectivity index (χ0n) is 11.9. The lowest BCUT2D eigenvalue weighted by Gasteiger charge is -2.09. The lowest BCUT2D eigenvalue weighted by atomic mass is 10.1. The molecule has 20 heavy (non-hydrogen) atoms. The van der Waals surface area contributed by atoms with Crippen molar-refractivity contribution in [2.45, 2.75) is 57.5 Å². The second-order valence-corrected chi connectivity index (χ2v) is 7.30. The van der Waals surface area contributed by atoms with Crippen molar-refractivity contribution in [3.63, 3.8) is 0 Å². The minimum Gasteiger partial charge on any atom is -0.393 e. The van der Waals surface area contributed by atoms with Gasteiger partial charge in [0.05, 0.1) is 11.0 Å². The number of hydrogen-bond donors (Lipinski definition) is 2. The first-order chi connectivity index (χ1) is 9.72. The van der Waals surface area contributed by atoms with Crippen molar-refractivity contribution in [2.75, 3.05) is 6.54 Å². The van der Waals surface area contributed by atoms with Crippen LogP contribution in [0.1, 0.15) is 58.6 Å². The Hall–Kier alpha value is -0.870. The smallest absolute Gasteiger partial charge is 0.261 e. The van der Waals surface area contributed by atoms with Gasteiger partial charge >= 0.3 is 0 Å². The van der Waals surface area contributed by atoms with E-state index < -0.39 is 0 Å². The summed E-state index contributed by atoms with van der Waals surface area (Å²) in [6.45, 7) is 0.707. The number of fused-ring (bicyclic) bond motifs is 1. The lowest BCUT2D eigenvalue weighted by Crippen LogP contribution is -2.28. The van der Waals surface area contributed by atoms with Crippen LogP contribution in [-0.2, 0) is 12.8 Å². The molecule has 0 bridgehead atoms. The molecule has 1 aromatic rings. The molecule has 0 saturated heterocycles. The summed E-state index contributed by atoms with van der Waals surface area (Å²) in [5, 5.41) is 12.6. The molecule has 2 aliphatic rings. The van der Waals surface area contributed by atoms with Gasteiger partial charge < -0.3 is 10.4 Å². The maximum absolute atomic E-state index is 12.2. The summed E-state index contributed by atoms with van der Waals surface area (Å²) < 4.78 is 0. The van der Waals surface area contributed by atoms with Crippen LogP contribution in [0, 0.1) is 5.92 Å². The summed E-state index contributed by atoms with van der Waals surface area (Å²) >= 11 is 1.68. The summed E-state index contributed by atoms with van der Waals surface area (Å²) in [5.41, 5.74) is 1.40. The zero-order chi connectivity index (χ0) is 13.9. The molecule has 110 valence electrons. The predicted molar refractivity (Wildman–Crippen MR) is 81.3 cm³/mol. The second-order valence-electron chi connectivity index (χ2n) is 6.16. The van der Waals surface area contributed by atoms with Crippen LogP contribution in [-0.4, -0.2) is 23.7 Å². The van der Waals surface area contributed by atoms with Crippen LogP contribution in [0.3, 0.4) is 0 Å². The molecule has 2 N–H and O–H groups in total. The molecule has 1 heterocycles. The molecule has 3 nitrogen and oxygen atoms in total. The number of aryl methyl sites for hydroxylation is 2. The number of aliphatic hydroxyl groups excluding tert-OH is 1.